The Hall–Kier alpha value is -2.71. The molecule has 116 valence electrons. The molecule has 0 saturated heterocycles. The van der Waals surface area contributed by atoms with Crippen molar-refractivity contribution in [2.24, 2.45) is 7.05 Å². The van der Waals surface area contributed by atoms with Gasteiger partial charge in [0.05, 0.1) is 11.3 Å². The van der Waals surface area contributed by atoms with Crippen LogP contribution in [0.4, 0.5) is 13.2 Å². The van der Waals surface area contributed by atoms with E-state index in [-0.39, 0.29) is 35.2 Å². The van der Waals surface area contributed by atoms with E-state index >= 15 is 0 Å². The van der Waals surface area contributed by atoms with Crippen LogP contribution in [0.5, 0.6) is 11.5 Å². The molecule has 1 aliphatic rings. The van der Waals surface area contributed by atoms with E-state index in [4.69, 9.17) is 14.6 Å². The van der Waals surface area contributed by atoms with E-state index in [2.05, 4.69) is 5.10 Å². The fraction of sp³-hybridized carbons (Fsp3) is 0.231. The van der Waals surface area contributed by atoms with Crippen molar-refractivity contribution in [2.75, 3.05) is 6.79 Å². The molecule has 3 rings (SSSR count). The van der Waals surface area contributed by atoms with Crippen molar-refractivity contribution in [1.29, 1.82) is 0 Å². The fourth-order valence-electron chi connectivity index (χ4n) is 2.21. The second-order valence-corrected chi connectivity index (χ2v) is 4.59. The predicted molar refractivity (Wildman–Crippen MR) is 66.7 cm³/mol. The molecule has 22 heavy (non-hydrogen) atoms. The first-order chi connectivity index (χ1) is 10.3. The molecule has 0 spiro atoms. The lowest BCUT2D eigenvalue weighted by Crippen LogP contribution is -2.08. The van der Waals surface area contributed by atoms with Gasteiger partial charge < -0.3 is 14.6 Å². The van der Waals surface area contributed by atoms with Crippen LogP contribution in [-0.4, -0.2) is 27.6 Å². The molecule has 9 heteroatoms. The van der Waals surface area contributed by atoms with E-state index in [9.17, 15) is 18.0 Å². The fourth-order valence-corrected chi connectivity index (χ4v) is 2.21. The number of aromatic nitrogens is 2. The lowest BCUT2D eigenvalue weighted by Gasteiger charge is -2.14. The minimum atomic E-state index is -4.63. The minimum Gasteiger partial charge on any atom is -0.476 e. The normalized spacial score (nSPS) is 13.5. The van der Waals surface area contributed by atoms with Gasteiger partial charge in [0.1, 0.15) is 0 Å². The molecule has 1 aromatic heterocycles. The molecular weight excluding hydrogens is 305 g/mol. The Kier molecular flexibility index (Phi) is 3.01. The molecular formula is C13H9F3N2O4. The highest BCUT2D eigenvalue weighted by atomic mass is 19.4. The van der Waals surface area contributed by atoms with Crippen molar-refractivity contribution in [3.05, 3.63) is 29.5 Å². The van der Waals surface area contributed by atoms with Crippen LogP contribution in [0, 0.1) is 0 Å². The predicted octanol–water partition coefficient (Wildman–Crippen LogP) is 2.53. The van der Waals surface area contributed by atoms with E-state index in [1.807, 2.05) is 0 Å². The zero-order valence-electron chi connectivity index (χ0n) is 11.1. The van der Waals surface area contributed by atoms with Gasteiger partial charge in [0.15, 0.2) is 17.2 Å². The van der Waals surface area contributed by atoms with Gasteiger partial charge >= 0.3 is 12.1 Å². The average molecular weight is 314 g/mol. The van der Waals surface area contributed by atoms with Gasteiger partial charge in [-0.3, -0.25) is 4.68 Å². The number of nitrogens with zero attached hydrogens (tertiary/aromatic N) is 2. The standard InChI is InChI=1S/C13H9F3N2O4/c1-18-9(4-8(17-18)12(19)20)6-2-10-11(22-5-21-10)3-7(6)13(14,15)16/h2-4H,5H2,1H3,(H,19,20). The van der Waals surface area contributed by atoms with Crippen molar-refractivity contribution in [3.63, 3.8) is 0 Å². The second kappa shape index (κ2) is 4.65. The SMILES string of the molecule is Cn1nc(C(=O)O)cc1-c1cc2c(cc1C(F)(F)F)OCO2. The zero-order valence-corrected chi connectivity index (χ0v) is 11.1. The summed E-state index contributed by atoms with van der Waals surface area (Å²) in [5.74, 6) is -1.16. The summed E-state index contributed by atoms with van der Waals surface area (Å²) in [5.41, 5.74) is -1.50. The molecule has 0 unspecified atom stereocenters. The first kappa shape index (κ1) is 14.2. The smallest absolute Gasteiger partial charge is 0.417 e. The Morgan fingerprint density at radius 1 is 1.27 bits per heavy atom. The van der Waals surface area contributed by atoms with Crippen molar-refractivity contribution >= 4 is 5.97 Å². The number of hydrogen-bond acceptors (Lipinski definition) is 4. The summed E-state index contributed by atoms with van der Waals surface area (Å²) in [5, 5.41) is 12.6. The lowest BCUT2D eigenvalue weighted by atomic mass is 10.0. The number of carboxylic acid groups (broad SMARTS) is 1. The Labute approximate surface area is 121 Å². The second-order valence-electron chi connectivity index (χ2n) is 4.59. The largest absolute Gasteiger partial charge is 0.476 e. The highest BCUT2D eigenvalue weighted by Crippen LogP contribution is 2.44. The zero-order chi connectivity index (χ0) is 16.1. The van der Waals surface area contributed by atoms with Gasteiger partial charge in [-0.05, 0) is 18.2 Å². The first-order valence-electron chi connectivity index (χ1n) is 6.06. The van der Waals surface area contributed by atoms with Crippen molar-refractivity contribution in [1.82, 2.24) is 9.78 Å². The van der Waals surface area contributed by atoms with Gasteiger partial charge in [0, 0.05) is 12.6 Å². The Morgan fingerprint density at radius 2 is 1.91 bits per heavy atom. The van der Waals surface area contributed by atoms with E-state index in [1.165, 1.54) is 13.1 Å². The molecule has 2 aromatic rings. The molecule has 0 radical (unpaired) electrons. The molecule has 2 heterocycles. The van der Waals surface area contributed by atoms with Gasteiger partial charge in [-0.1, -0.05) is 0 Å². The third kappa shape index (κ3) is 2.24. The van der Waals surface area contributed by atoms with Crippen LogP contribution in [-0.2, 0) is 13.2 Å². The van der Waals surface area contributed by atoms with Crippen LogP contribution in [0.3, 0.4) is 0 Å². The number of aromatic carboxylic acids is 1. The van der Waals surface area contributed by atoms with Gasteiger partial charge in [0.25, 0.3) is 0 Å². The van der Waals surface area contributed by atoms with Crippen LogP contribution < -0.4 is 9.47 Å². The number of fused-ring (bicyclic) bond motifs is 1. The number of halogens is 3. The van der Waals surface area contributed by atoms with Gasteiger partial charge in [0.2, 0.25) is 6.79 Å². The minimum absolute atomic E-state index is 0.00305. The van der Waals surface area contributed by atoms with Crippen LogP contribution in [0.1, 0.15) is 16.1 Å². The van der Waals surface area contributed by atoms with E-state index < -0.39 is 17.7 Å². The molecule has 0 saturated carbocycles. The van der Waals surface area contributed by atoms with Crippen molar-refractivity contribution in [2.45, 2.75) is 6.18 Å². The Balaban J connectivity index is 2.23. The molecule has 0 aliphatic carbocycles. The molecule has 0 bridgehead atoms. The summed E-state index contributed by atoms with van der Waals surface area (Å²) in [6.45, 7) is -0.165. The van der Waals surface area contributed by atoms with Crippen molar-refractivity contribution < 1.29 is 32.5 Å². The number of aryl methyl sites for hydroxylation is 1. The Bertz CT molecular complexity index is 767. The van der Waals surface area contributed by atoms with E-state index in [1.54, 1.807) is 0 Å². The molecule has 1 aromatic carbocycles. The van der Waals surface area contributed by atoms with Crippen LogP contribution in [0.25, 0.3) is 11.3 Å². The van der Waals surface area contributed by atoms with Crippen LogP contribution >= 0.6 is 0 Å². The summed E-state index contributed by atoms with van der Waals surface area (Å²) in [7, 11) is 1.37. The summed E-state index contributed by atoms with van der Waals surface area (Å²) >= 11 is 0. The van der Waals surface area contributed by atoms with Crippen LogP contribution in [0.2, 0.25) is 0 Å². The third-order valence-electron chi connectivity index (χ3n) is 3.19. The summed E-state index contributed by atoms with van der Waals surface area (Å²) in [6.07, 6.45) is -4.63. The first-order valence-corrected chi connectivity index (χ1v) is 6.06. The average Bonchev–Trinajstić information content (AvgIpc) is 3.01. The van der Waals surface area contributed by atoms with Gasteiger partial charge in [-0.25, -0.2) is 4.79 Å². The summed E-state index contributed by atoms with van der Waals surface area (Å²) in [4.78, 5) is 10.9. The molecule has 6 nitrogen and oxygen atoms in total. The monoisotopic (exact) mass is 314 g/mol. The highest BCUT2D eigenvalue weighted by molar-refractivity contribution is 5.87. The number of carbonyl (C=O) groups is 1. The summed E-state index contributed by atoms with van der Waals surface area (Å²) < 4.78 is 50.9. The molecule has 1 aliphatic heterocycles. The maximum Gasteiger partial charge on any atom is 0.417 e. The molecule has 0 fully saturated rings. The van der Waals surface area contributed by atoms with E-state index in [0.717, 1.165) is 16.8 Å². The number of carboxylic acids is 1. The maximum absolute atomic E-state index is 13.3. The third-order valence-corrected chi connectivity index (χ3v) is 3.19. The number of hydrogen-bond donors (Lipinski definition) is 1. The number of ether oxygens (including phenoxy) is 2. The summed E-state index contributed by atoms with van der Waals surface area (Å²) in [6, 6.07) is 3.09. The van der Waals surface area contributed by atoms with Gasteiger partial charge in [-0.2, -0.15) is 18.3 Å². The molecule has 0 amide bonds. The number of rotatable bonds is 2. The van der Waals surface area contributed by atoms with E-state index in [0.29, 0.717) is 0 Å². The molecule has 0 atom stereocenters. The number of alkyl halides is 3. The Morgan fingerprint density at radius 3 is 2.45 bits per heavy atom. The highest BCUT2D eigenvalue weighted by Gasteiger charge is 2.37. The van der Waals surface area contributed by atoms with Gasteiger partial charge in [-0.15, -0.1) is 0 Å². The molecule has 1 N–H and O–H groups in total. The quantitative estimate of drug-likeness (QED) is 0.922. The van der Waals surface area contributed by atoms with Crippen LogP contribution in [0.15, 0.2) is 18.2 Å². The lowest BCUT2D eigenvalue weighted by molar-refractivity contribution is -0.137. The number of benzene rings is 1. The maximum atomic E-state index is 13.3. The topological polar surface area (TPSA) is 73.6 Å². The van der Waals surface area contributed by atoms with Crippen molar-refractivity contribution in [3.8, 4) is 22.8 Å².